The van der Waals surface area contributed by atoms with Gasteiger partial charge in [0.2, 0.25) is 0 Å². The molecule has 0 spiro atoms. The first-order valence-electron chi connectivity index (χ1n) is 5.48. The average molecular weight is 214 g/mol. The van der Waals surface area contributed by atoms with Gasteiger partial charge in [0.25, 0.3) is 0 Å². The zero-order valence-electron chi connectivity index (χ0n) is 9.16. The lowest BCUT2D eigenvalue weighted by atomic mass is 9.98. The number of rotatable bonds is 4. The molecule has 0 aromatic heterocycles. The van der Waals surface area contributed by atoms with Gasteiger partial charge in [-0.25, -0.2) is 0 Å². The molecule has 0 aromatic carbocycles. The van der Waals surface area contributed by atoms with Gasteiger partial charge in [0.15, 0.2) is 0 Å². The van der Waals surface area contributed by atoms with E-state index in [0.717, 1.165) is 25.7 Å². The topological polar surface area (TPSA) is 52.6 Å². The van der Waals surface area contributed by atoms with Gasteiger partial charge in [-0.2, -0.15) is 0 Å². The van der Waals surface area contributed by atoms with Crippen molar-refractivity contribution in [3.8, 4) is 0 Å². The maximum absolute atomic E-state index is 11.3. The van der Waals surface area contributed by atoms with Crippen molar-refractivity contribution in [1.29, 1.82) is 0 Å². The van der Waals surface area contributed by atoms with Crippen molar-refractivity contribution in [1.82, 2.24) is 0 Å². The minimum atomic E-state index is -0.365. The Hall–Kier alpha value is -1.06. The van der Waals surface area contributed by atoms with Crippen molar-refractivity contribution >= 4 is 11.9 Å². The standard InChI is InChI=1S/C11H18O4/c1-14-10(12)7-8-11(13)15-9-5-3-2-4-6-9/h9H,2-8H2,1H3. The van der Waals surface area contributed by atoms with Gasteiger partial charge in [-0.15, -0.1) is 0 Å². The normalized spacial score (nSPS) is 17.1. The van der Waals surface area contributed by atoms with E-state index in [0.29, 0.717) is 0 Å². The van der Waals surface area contributed by atoms with Gasteiger partial charge in [0.05, 0.1) is 20.0 Å². The van der Waals surface area contributed by atoms with Crippen molar-refractivity contribution in [2.75, 3.05) is 7.11 Å². The molecule has 0 saturated heterocycles. The molecule has 1 saturated carbocycles. The molecule has 1 rings (SSSR count). The molecule has 86 valence electrons. The molecular formula is C11H18O4. The van der Waals surface area contributed by atoms with Gasteiger partial charge in [0.1, 0.15) is 6.10 Å². The van der Waals surface area contributed by atoms with Crippen LogP contribution in [0.1, 0.15) is 44.9 Å². The van der Waals surface area contributed by atoms with Crippen molar-refractivity contribution in [2.24, 2.45) is 0 Å². The highest BCUT2D eigenvalue weighted by Crippen LogP contribution is 2.20. The van der Waals surface area contributed by atoms with E-state index in [4.69, 9.17) is 4.74 Å². The Morgan fingerprint density at radius 3 is 2.27 bits per heavy atom. The van der Waals surface area contributed by atoms with Crippen molar-refractivity contribution in [3.63, 3.8) is 0 Å². The van der Waals surface area contributed by atoms with Crippen LogP contribution in [-0.2, 0) is 19.1 Å². The largest absolute Gasteiger partial charge is 0.469 e. The summed E-state index contributed by atoms with van der Waals surface area (Å²) >= 11 is 0. The lowest BCUT2D eigenvalue weighted by molar-refractivity contribution is -0.153. The molecule has 0 aromatic rings. The van der Waals surface area contributed by atoms with Crippen LogP contribution in [0.4, 0.5) is 0 Å². The van der Waals surface area contributed by atoms with Gasteiger partial charge in [-0.05, 0) is 25.7 Å². The average Bonchev–Trinajstić information content (AvgIpc) is 2.27. The Bertz CT molecular complexity index is 219. The number of esters is 2. The van der Waals surface area contributed by atoms with Crippen LogP contribution < -0.4 is 0 Å². The Balaban J connectivity index is 2.14. The second-order valence-electron chi connectivity index (χ2n) is 3.83. The number of ether oxygens (including phenoxy) is 2. The summed E-state index contributed by atoms with van der Waals surface area (Å²) in [6, 6.07) is 0. The van der Waals surface area contributed by atoms with Crippen LogP contribution in [0.3, 0.4) is 0 Å². The summed E-state index contributed by atoms with van der Waals surface area (Å²) in [6.07, 6.45) is 5.74. The first-order chi connectivity index (χ1) is 7.22. The summed E-state index contributed by atoms with van der Waals surface area (Å²) in [4.78, 5) is 22.1. The zero-order chi connectivity index (χ0) is 11.1. The third-order valence-corrected chi connectivity index (χ3v) is 2.61. The van der Waals surface area contributed by atoms with E-state index in [1.165, 1.54) is 13.5 Å². The minimum Gasteiger partial charge on any atom is -0.469 e. The third kappa shape index (κ3) is 4.81. The van der Waals surface area contributed by atoms with Crippen LogP contribution >= 0.6 is 0 Å². The second-order valence-corrected chi connectivity index (χ2v) is 3.83. The van der Waals surface area contributed by atoms with Gasteiger partial charge in [0, 0.05) is 0 Å². The van der Waals surface area contributed by atoms with Gasteiger partial charge >= 0.3 is 11.9 Å². The molecular weight excluding hydrogens is 196 g/mol. The lowest BCUT2D eigenvalue weighted by Crippen LogP contribution is -2.21. The highest BCUT2D eigenvalue weighted by atomic mass is 16.5. The Kier molecular flexibility index (Phi) is 5.15. The van der Waals surface area contributed by atoms with Crippen LogP contribution in [0.5, 0.6) is 0 Å². The highest BCUT2D eigenvalue weighted by molar-refractivity contribution is 5.77. The summed E-state index contributed by atoms with van der Waals surface area (Å²) in [5, 5.41) is 0. The molecule has 0 aliphatic heterocycles. The monoisotopic (exact) mass is 214 g/mol. The zero-order valence-corrected chi connectivity index (χ0v) is 9.16. The van der Waals surface area contributed by atoms with Crippen LogP contribution in [0.2, 0.25) is 0 Å². The smallest absolute Gasteiger partial charge is 0.306 e. The van der Waals surface area contributed by atoms with E-state index in [1.54, 1.807) is 0 Å². The summed E-state index contributed by atoms with van der Waals surface area (Å²) in [5.41, 5.74) is 0. The van der Waals surface area contributed by atoms with E-state index in [9.17, 15) is 9.59 Å². The summed E-state index contributed by atoms with van der Waals surface area (Å²) in [5.74, 6) is -0.650. The molecule has 1 aliphatic carbocycles. The Morgan fingerprint density at radius 2 is 1.67 bits per heavy atom. The van der Waals surface area contributed by atoms with Gasteiger partial charge in [-0.1, -0.05) is 6.42 Å². The van der Waals surface area contributed by atoms with Crippen LogP contribution in [0.15, 0.2) is 0 Å². The van der Waals surface area contributed by atoms with E-state index < -0.39 is 0 Å². The quantitative estimate of drug-likeness (QED) is 0.670. The Morgan fingerprint density at radius 1 is 1.07 bits per heavy atom. The summed E-state index contributed by atoms with van der Waals surface area (Å²) in [7, 11) is 1.31. The SMILES string of the molecule is COC(=O)CCC(=O)OC1CCCCC1. The predicted molar refractivity (Wildman–Crippen MR) is 54.2 cm³/mol. The maximum Gasteiger partial charge on any atom is 0.306 e. The van der Waals surface area contributed by atoms with Crippen molar-refractivity contribution < 1.29 is 19.1 Å². The van der Waals surface area contributed by atoms with Gasteiger partial charge < -0.3 is 9.47 Å². The number of methoxy groups -OCH3 is 1. The molecule has 0 atom stereocenters. The summed E-state index contributed by atoms with van der Waals surface area (Å²) in [6.45, 7) is 0. The predicted octanol–water partition coefficient (Wildman–Crippen LogP) is 1.82. The van der Waals surface area contributed by atoms with E-state index >= 15 is 0 Å². The van der Waals surface area contributed by atoms with Crippen LogP contribution in [0, 0.1) is 0 Å². The number of carbonyl (C=O) groups is 2. The fraction of sp³-hybridized carbons (Fsp3) is 0.818. The van der Waals surface area contributed by atoms with Crippen LogP contribution in [0.25, 0.3) is 0 Å². The Labute approximate surface area is 89.9 Å². The second kappa shape index (κ2) is 6.43. The van der Waals surface area contributed by atoms with E-state index in [-0.39, 0.29) is 30.9 Å². The highest BCUT2D eigenvalue weighted by Gasteiger charge is 2.18. The fourth-order valence-corrected chi connectivity index (χ4v) is 1.73. The van der Waals surface area contributed by atoms with E-state index in [1.807, 2.05) is 0 Å². The molecule has 15 heavy (non-hydrogen) atoms. The molecule has 4 heteroatoms. The third-order valence-electron chi connectivity index (χ3n) is 2.61. The molecule has 0 heterocycles. The number of hydrogen-bond acceptors (Lipinski definition) is 4. The fourth-order valence-electron chi connectivity index (χ4n) is 1.73. The maximum atomic E-state index is 11.3. The van der Waals surface area contributed by atoms with Crippen LogP contribution in [-0.4, -0.2) is 25.2 Å². The van der Waals surface area contributed by atoms with Gasteiger partial charge in [-0.3, -0.25) is 9.59 Å². The molecule has 0 amide bonds. The number of hydrogen-bond donors (Lipinski definition) is 0. The molecule has 1 aliphatic rings. The van der Waals surface area contributed by atoms with Crippen molar-refractivity contribution in [2.45, 2.75) is 51.0 Å². The van der Waals surface area contributed by atoms with Crippen molar-refractivity contribution in [3.05, 3.63) is 0 Å². The minimum absolute atomic E-state index is 0.0731. The number of carbonyl (C=O) groups excluding carboxylic acids is 2. The molecule has 0 radical (unpaired) electrons. The first kappa shape index (κ1) is 12.0. The molecule has 4 nitrogen and oxygen atoms in total. The molecule has 1 fully saturated rings. The lowest BCUT2D eigenvalue weighted by Gasteiger charge is -2.21. The first-order valence-corrected chi connectivity index (χ1v) is 5.48. The molecule has 0 bridgehead atoms. The molecule has 0 N–H and O–H groups in total. The summed E-state index contributed by atoms with van der Waals surface area (Å²) < 4.78 is 9.68. The van der Waals surface area contributed by atoms with E-state index in [2.05, 4.69) is 4.74 Å². The molecule has 0 unspecified atom stereocenters.